The predicted molar refractivity (Wildman–Crippen MR) is 71.5 cm³/mol. The van der Waals surface area contributed by atoms with Crippen molar-refractivity contribution in [1.29, 1.82) is 0 Å². The summed E-state index contributed by atoms with van der Waals surface area (Å²) in [5.41, 5.74) is 5.60. The minimum atomic E-state index is -1.60. The lowest BCUT2D eigenvalue weighted by atomic mass is 9.99. The molecule has 106 valence electrons. The average molecular weight is 369 g/mol. The highest BCUT2D eigenvalue weighted by molar-refractivity contribution is 9.10. The summed E-state index contributed by atoms with van der Waals surface area (Å²) in [5.74, 6) is -5.19. The minimum Gasteiger partial charge on any atom is -0.320 e. The van der Waals surface area contributed by atoms with Crippen LogP contribution in [0.25, 0.3) is 0 Å². The molecule has 0 saturated carbocycles. The largest absolute Gasteiger partial charge is 0.320 e. The zero-order valence-electron chi connectivity index (χ0n) is 9.73. The van der Waals surface area contributed by atoms with Crippen LogP contribution < -0.4 is 5.73 Å². The van der Waals surface area contributed by atoms with Gasteiger partial charge in [-0.3, -0.25) is 0 Å². The first-order chi connectivity index (χ1) is 9.32. The Morgan fingerprint density at radius 3 is 2.10 bits per heavy atom. The second-order valence-electron chi connectivity index (χ2n) is 4.04. The highest BCUT2D eigenvalue weighted by Crippen LogP contribution is 2.32. The Balaban J connectivity index is 2.52. The maximum Gasteiger partial charge on any atom is 0.194 e. The van der Waals surface area contributed by atoms with Gasteiger partial charge in [0.15, 0.2) is 17.5 Å². The average Bonchev–Trinajstić information content (AvgIpc) is 2.41. The van der Waals surface area contributed by atoms with E-state index in [0.717, 1.165) is 12.1 Å². The fourth-order valence-corrected chi connectivity index (χ4v) is 2.19. The van der Waals surface area contributed by atoms with Crippen LogP contribution in [0.2, 0.25) is 5.02 Å². The van der Waals surface area contributed by atoms with E-state index in [0.29, 0.717) is 4.47 Å². The quantitative estimate of drug-likeness (QED) is 0.603. The van der Waals surface area contributed by atoms with Crippen LogP contribution in [0.1, 0.15) is 17.2 Å². The molecule has 1 unspecified atom stereocenters. The van der Waals surface area contributed by atoms with Gasteiger partial charge in [0, 0.05) is 10.0 Å². The molecule has 0 bridgehead atoms. The van der Waals surface area contributed by atoms with Gasteiger partial charge in [-0.1, -0.05) is 17.7 Å². The number of hydrogen-bond donors (Lipinski definition) is 1. The van der Waals surface area contributed by atoms with E-state index in [4.69, 9.17) is 17.3 Å². The van der Waals surface area contributed by atoms with Crippen LogP contribution in [0.4, 0.5) is 17.6 Å². The van der Waals surface area contributed by atoms with Gasteiger partial charge in [-0.2, -0.15) is 0 Å². The van der Waals surface area contributed by atoms with Crippen LogP contribution in [-0.4, -0.2) is 0 Å². The molecule has 0 fully saturated rings. The van der Waals surface area contributed by atoms with Crippen molar-refractivity contribution < 1.29 is 17.6 Å². The molecule has 0 aliphatic carbocycles. The van der Waals surface area contributed by atoms with E-state index in [1.807, 2.05) is 0 Å². The van der Waals surface area contributed by atoms with Gasteiger partial charge >= 0.3 is 0 Å². The zero-order valence-corrected chi connectivity index (χ0v) is 12.1. The molecule has 1 nitrogen and oxygen atoms in total. The SMILES string of the molecule is NC(c1cc(F)c(F)c(F)c1)c1ccc(Br)c(Cl)c1F. The summed E-state index contributed by atoms with van der Waals surface area (Å²) in [6, 6.07) is 3.05. The number of nitrogens with two attached hydrogens (primary N) is 1. The lowest BCUT2D eigenvalue weighted by Gasteiger charge is -2.15. The minimum absolute atomic E-state index is 0.0522. The molecule has 7 heteroatoms. The second kappa shape index (κ2) is 5.71. The summed E-state index contributed by atoms with van der Waals surface area (Å²) < 4.78 is 53.5. The number of benzene rings is 2. The third-order valence-electron chi connectivity index (χ3n) is 2.77. The van der Waals surface area contributed by atoms with Crippen LogP contribution in [0.15, 0.2) is 28.7 Å². The van der Waals surface area contributed by atoms with E-state index in [2.05, 4.69) is 15.9 Å². The van der Waals surface area contributed by atoms with Crippen LogP contribution in [0.3, 0.4) is 0 Å². The van der Waals surface area contributed by atoms with Crippen molar-refractivity contribution >= 4 is 27.5 Å². The number of hydrogen-bond acceptors (Lipinski definition) is 1. The Labute approximate surface area is 125 Å². The van der Waals surface area contributed by atoms with Crippen molar-refractivity contribution in [2.45, 2.75) is 6.04 Å². The molecule has 1 atom stereocenters. The number of halogens is 6. The first-order valence-corrected chi connectivity index (χ1v) is 6.53. The van der Waals surface area contributed by atoms with Crippen molar-refractivity contribution in [2.75, 3.05) is 0 Å². The van der Waals surface area contributed by atoms with Gasteiger partial charge < -0.3 is 5.73 Å². The van der Waals surface area contributed by atoms with E-state index in [9.17, 15) is 17.6 Å². The summed E-state index contributed by atoms with van der Waals surface area (Å²) in [7, 11) is 0. The molecule has 2 rings (SSSR count). The molecular formula is C13H7BrClF4N. The molecule has 0 aromatic heterocycles. The summed E-state index contributed by atoms with van der Waals surface area (Å²) in [4.78, 5) is 0. The molecular weight excluding hydrogens is 361 g/mol. The zero-order chi connectivity index (χ0) is 15.0. The Bertz CT molecular complexity index is 655. The van der Waals surface area contributed by atoms with Crippen molar-refractivity contribution in [1.82, 2.24) is 0 Å². The smallest absolute Gasteiger partial charge is 0.194 e. The summed E-state index contributed by atoms with van der Waals surface area (Å²) in [5, 5.41) is -0.194. The molecule has 0 spiro atoms. The number of rotatable bonds is 2. The monoisotopic (exact) mass is 367 g/mol. The predicted octanol–water partition coefficient (Wildman–Crippen LogP) is 4.71. The molecule has 0 heterocycles. The van der Waals surface area contributed by atoms with Crippen molar-refractivity contribution in [3.05, 3.63) is 68.2 Å². The molecule has 2 aromatic rings. The van der Waals surface area contributed by atoms with Gasteiger partial charge in [0.1, 0.15) is 5.82 Å². The van der Waals surface area contributed by atoms with Crippen LogP contribution in [0.5, 0.6) is 0 Å². The third kappa shape index (κ3) is 2.68. The maximum atomic E-state index is 14.0. The summed E-state index contributed by atoms with van der Waals surface area (Å²) in [6.07, 6.45) is 0. The summed E-state index contributed by atoms with van der Waals surface area (Å²) >= 11 is 8.75. The van der Waals surface area contributed by atoms with Crippen LogP contribution >= 0.6 is 27.5 Å². The lowest BCUT2D eigenvalue weighted by molar-refractivity contribution is 0.444. The Kier molecular flexibility index (Phi) is 4.36. The van der Waals surface area contributed by atoms with E-state index in [1.54, 1.807) is 0 Å². The van der Waals surface area contributed by atoms with E-state index in [-0.39, 0.29) is 16.1 Å². The third-order valence-corrected chi connectivity index (χ3v) is 4.02. The van der Waals surface area contributed by atoms with Crippen LogP contribution in [-0.2, 0) is 0 Å². The molecule has 0 radical (unpaired) electrons. The normalized spacial score (nSPS) is 12.6. The fraction of sp³-hybridized carbons (Fsp3) is 0.0769. The highest BCUT2D eigenvalue weighted by Gasteiger charge is 2.20. The van der Waals surface area contributed by atoms with Gasteiger partial charge in [0.05, 0.1) is 11.1 Å². The van der Waals surface area contributed by atoms with E-state index >= 15 is 0 Å². The van der Waals surface area contributed by atoms with Crippen molar-refractivity contribution in [2.24, 2.45) is 5.73 Å². The molecule has 0 aliphatic rings. The summed E-state index contributed by atoms with van der Waals surface area (Å²) in [6.45, 7) is 0. The topological polar surface area (TPSA) is 26.0 Å². The van der Waals surface area contributed by atoms with Gasteiger partial charge in [-0.15, -0.1) is 0 Å². The second-order valence-corrected chi connectivity index (χ2v) is 5.27. The Morgan fingerprint density at radius 2 is 1.55 bits per heavy atom. The standard InChI is InChI=1S/C13H7BrClF4N/c14-7-2-1-6(11(18)10(7)15)13(20)5-3-8(16)12(19)9(17)4-5/h1-4,13H,20H2. The fourth-order valence-electron chi connectivity index (χ4n) is 1.72. The van der Waals surface area contributed by atoms with Gasteiger partial charge in [0.25, 0.3) is 0 Å². The highest BCUT2D eigenvalue weighted by atomic mass is 79.9. The Morgan fingerprint density at radius 1 is 1.00 bits per heavy atom. The molecule has 0 aliphatic heterocycles. The van der Waals surface area contributed by atoms with Gasteiger partial charge in [0.2, 0.25) is 0 Å². The molecule has 0 amide bonds. The maximum absolute atomic E-state index is 14.0. The first-order valence-electron chi connectivity index (χ1n) is 5.36. The van der Waals surface area contributed by atoms with E-state index in [1.165, 1.54) is 12.1 Å². The molecule has 2 N–H and O–H groups in total. The van der Waals surface area contributed by atoms with Gasteiger partial charge in [-0.05, 0) is 39.7 Å². The lowest BCUT2D eigenvalue weighted by Crippen LogP contribution is -2.15. The van der Waals surface area contributed by atoms with Crippen molar-refractivity contribution in [3.63, 3.8) is 0 Å². The van der Waals surface area contributed by atoms with Gasteiger partial charge in [-0.25, -0.2) is 17.6 Å². The first kappa shape index (κ1) is 15.3. The molecule has 20 heavy (non-hydrogen) atoms. The van der Waals surface area contributed by atoms with Crippen molar-refractivity contribution in [3.8, 4) is 0 Å². The van der Waals surface area contributed by atoms with E-state index < -0.39 is 29.3 Å². The van der Waals surface area contributed by atoms with Crippen LogP contribution in [0, 0.1) is 23.3 Å². The molecule has 2 aromatic carbocycles. The molecule has 0 saturated heterocycles. The Hall–Kier alpha value is -1.11.